The van der Waals surface area contributed by atoms with Gasteiger partial charge in [-0.15, -0.1) is 0 Å². The van der Waals surface area contributed by atoms with Crippen molar-refractivity contribution in [2.75, 3.05) is 24.7 Å². The topological polar surface area (TPSA) is 94.2 Å². The first-order valence-corrected chi connectivity index (χ1v) is 14.9. The summed E-state index contributed by atoms with van der Waals surface area (Å²) in [6.07, 6.45) is 1.41. The van der Waals surface area contributed by atoms with E-state index >= 15 is 0 Å². The molecule has 1 aliphatic heterocycles. The van der Waals surface area contributed by atoms with Gasteiger partial charge in [0, 0.05) is 10.4 Å². The molecule has 230 valence electrons. The number of carbonyl (C=O) groups excluding carboxylic acids is 3. The number of carbonyl (C=O) groups is 3. The second-order valence-corrected chi connectivity index (χ2v) is 11.2. The summed E-state index contributed by atoms with van der Waals surface area (Å²) in [6, 6.07) is 28.8. The molecule has 0 saturated carbocycles. The van der Waals surface area contributed by atoms with Crippen molar-refractivity contribution < 1.29 is 28.6 Å². The largest absolute Gasteiger partial charge is 0.490 e. The van der Waals surface area contributed by atoms with E-state index in [9.17, 15) is 14.4 Å². The van der Waals surface area contributed by atoms with E-state index in [1.807, 2.05) is 37.3 Å². The van der Waals surface area contributed by atoms with Gasteiger partial charge in [0.05, 0.1) is 12.3 Å². The van der Waals surface area contributed by atoms with Crippen LogP contribution in [-0.4, -0.2) is 37.7 Å². The predicted octanol–water partition coefficient (Wildman–Crippen LogP) is 7.19. The lowest BCUT2D eigenvalue weighted by atomic mass is 9.78. The Morgan fingerprint density at radius 2 is 1.44 bits per heavy atom. The average Bonchev–Trinajstić information content (AvgIpc) is 3.04. The predicted molar refractivity (Wildman–Crippen MR) is 174 cm³/mol. The van der Waals surface area contributed by atoms with Crippen LogP contribution in [-0.2, 0) is 15.0 Å². The number of nitrogens with zero attached hydrogens (tertiary/aromatic N) is 1. The molecule has 0 bridgehead atoms. The van der Waals surface area contributed by atoms with Crippen LogP contribution >= 0.6 is 11.6 Å². The van der Waals surface area contributed by atoms with E-state index in [4.69, 9.17) is 25.8 Å². The molecule has 5 rings (SSSR count). The molecule has 9 heteroatoms. The Balaban J connectivity index is 1.23. The number of anilines is 1. The second kappa shape index (κ2) is 13.7. The molecule has 0 radical (unpaired) electrons. The van der Waals surface area contributed by atoms with E-state index in [0.29, 0.717) is 35.3 Å². The molecule has 45 heavy (non-hydrogen) atoms. The minimum absolute atomic E-state index is 0.137. The second-order valence-electron chi connectivity index (χ2n) is 10.8. The van der Waals surface area contributed by atoms with Gasteiger partial charge in [-0.3, -0.25) is 14.9 Å². The number of barbiturate groups is 1. The summed E-state index contributed by atoms with van der Waals surface area (Å²) in [4.78, 5) is 39.2. The van der Waals surface area contributed by atoms with Gasteiger partial charge in [-0.05, 0) is 78.2 Å². The number of nitrogens with one attached hydrogen (secondary N) is 1. The van der Waals surface area contributed by atoms with Crippen molar-refractivity contribution in [3.8, 4) is 17.2 Å². The molecule has 0 spiro atoms. The summed E-state index contributed by atoms with van der Waals surface area (Å²) in [5.41, 5.74) is 2.89. The Morgan fingerprint density at radius 3 is 2.13 bits per heavy atom. The summed E-state index contributed by atoms with van der Waals surface area (Å²) >= 11 is 5.94. The number of halogens is 1. The van der Waals surface area contributed by atoms with Gasteiger partial charge in [-0.2, -0.15) is 0 Å². The lowest BCUT2D eigenvalue weighted by Crippen LogP contribution is -2.54. The van der Waals surface area contributed by atoms with Crippen LogP contribution in [0.2, 0.25) is 5.02 Å². The van der Waals surface area contributed by atoms with Gasteiger partial charge in [0.2, 0.25) is 0 Å². The molecular weight excluding hydrogens is 592 g/mol. The van der Waals surface area contributed by atoms with Crippen molar-refractivity contribution in [2.45, 2.75) is 26.2 Å². The van der Waals surface area contributed by atoms with E-state index in [-0.39, 0.29) is 23.3 Å². The van der Waals surface area contributed by atoms with Gasteiger partial charge in [0.1, 0.15) is 24.5 Å². The van der Waals surface area contributed by atoms with Crippen LogP contribution in [0.4, 0.5) is 10.5 Å². The van der Waals surface area contributed by atoms with Crippen LogP contribution in [0.5, 0.6) is 17.2 Å². The van der Waals surface area contributed by atoms with Crippen LogP contribution in [0.25, 0.3) is 6.08 Å². The average molecular weight is 625 g/mol. The zero-order valence-corrected chi connectivity index (χ0v) is 26.0. The van der Waals surface area contributed by atoms with Gasteiger partial charge >= 0.3 is 6.03 Å². The highest BCUT2D eigenvalue weighted by molar-refractivity contribution is 6.39. The van der Waals surface area contributed by atoms with Crippen LogP contribution in [0.1, 0.15) is 37.5 Å². The van der Waals surface area contributed by atoms with Gasteiger partial charge < -0.3 is 14.2 Å². The first-order chi connectivity index (χ1) is 21.7. The maximum Gasteiger partial charge on any atom is 0.335 e. The highest BCUT2D eigenvalue weighted by atomic mass is 35.5. The zero-order chi connectivity index (χ0) is 32.0. The van der Waals surface area contributed by atoms with E-state index in [0.717, 1.165) is 10.6 Å². The van der Waals surface area contributed by atoms with Gasteiger partial charge in [0.15, 0.2) is 11.5 Å². The van der Waals surface area contributed by atoms with Crippen molar-refractivity contribution in [3.05, 3.63) is 124 Å². The molecule has 1 N–H and O–H groups in total. The third-order valence-electron chi connectivity index (χ3n) is 7.45. The zero-order valence-electron chi connectivity index (χ0n) is 25.2. The van der Waals surface area contributed by atoms with E-state index in [1.165, 1.54) is 29.3 Å². The fraction of sp³-hybridized carbons (Fsp3) is 0.194. The number of ether oxygens (including phenoxy) is 3. The van der Waals surface area contributed by atoms with Crippen LogP contribution in [0, 0.1) is 0 Å². The van der Waals surface area contributed by atoms with E-state index < -0.39 is 17.8 Å². The number of hydrogen-bond donors (Lipinski definition) is 1. The molecular formula is C36H33ClN2O6. The lowest BCUT2D eigenvalue weighted by molar-refractivity contribution is -0.122. The van der Waals surface area contributed by atoms with Crippen LogP contribution < -0.4 is 24.4 Å². The number of imide groups is 2. The first kappa shape index (κ1) is 31.3. The van der Waals surface area contributed by atoms with Crippen molar-refractivity contribution in [1.82, 2.24) is 5.32 Å². The Bertz CT molecular complexity index is 1720. The molecule has 4 amide bonds. The summed E-state index contributed by atoms with van der Waals surface area (Å²) in [7, 11) is 0. The highest BCUT2D eigenvalue weighted by Gasteiger charge is 2.36. The standard InChI is InChI=1S/C36H33ClN2O6/c1-4-43-32-23-24(22-30-33(40)38-35(42)39(34(30)41)28-15-13-27(37)14-16-28)10-19-31(32)45-21-20-44-29-17-11-26(12-18-29)36(2,3)25-8-6-5-7-9-25/h5-19,22-23H,4,20-21H2,1-3H3,(H,38,40,42)/b30-22-. The van der Waals surface area contributed by atoms with Gasteiger partial charge in [0.25, 0.3) is 11.8 Å². The first-order valence-electron chi connectivity index (χ1n) is 14.5. The van der Waals surface area contributed by atoms with Crippen LogP contribution in [0.3, 0.4) is 0 Å². The minimum atomic E-state index is -0.836. The number of amides is 4. The van der Waals surface area contributed by atoms with E-state index in [1.54, 1.807) is 30.3 Å². The molecule has 1 heterocycles. The Hall–Kier alpha value is -5.08. The SMILES string of the molecule is CCOc1cc(/C=C2/C(=O)NC(=O)N(c3ccc(Cl)cc3)C2=O)ccc1OCCOc1ccc(C(C)(C)c2ccccc2)cc1. The number of rotatable bonds is 11. The summed E-state index contributed by atoms with van der Waals surface area (Å²) < 4.78 is 17.6. The monoisotopic (exact) mass is 624 g/mol. The smallest absolute Gasteiger partial charge is 0.335 e. The normalized spacial score (nSPS) is 14.4. The molecule has 0 unspecified atom stereocenters. The molecule has 0 aliphatic carbocycles. The number of urea groups is 1. The highest BCUT2D eigenvalue weighted by Crippen LogP contribution is 2.33. The molecule has 4 aromatic carbocycles. The third kappa shape index (κ3) is 7.19. The minimum Gasteiger partial charge on any atom is -0.490 e. The fourth-order valence-corrected chi connectivity index (χ4v) is 5.08. The fourth-order valence-electron chi connectivity index (χ4n) is 4.95. The molecule has 1 aliphatic rings. The maximum absolute atomic E-state index is 13.2. The third-order valence-corrected chi connectivity index (χ3v) is 7.70. The quantitative estimate of drug-likeness (QED) is 0.108. The van der Waals surface area contributed by atoms with Gasteiger partial charge in [-0.1, -0.05) is 74.0 Å². The number of hydrogen-bond acceptors (Lipinski definition) is 6. The molecule has 0 aromatic heterocycles. The molecule has 8 nitrogen and oxygen atoms in total. The van der Waals surface area contributed by atoms with Crippen molar-refractivity contribution >= 4 is 41.2 Å². The maximum atomic E-state index is 13.2. The molecule has 1 saturated heterocycles. The van der Waals surface area contributed by atoms with Crippen molar-refractivity contribution in [2.24, 2.45) is 0 Å². The van der Waals surface area contributed by atoms with Crippen molar-refractivity contribution in [1.29, 1.82) is 0 Å². The van der Waals surface area contributed by atoms with Gasteiger partial charge in [-0.25, -0.2) is 9.69 Å². The Morgan fingerprint density at radius 1 is 0.778 bits per heavy atom. The molecule has 4 aromatic rings. The van der Waals surface area contributed by atoms with Crippen LogP contribution in [0.15, 0.2) is 103 Å². The molecule has 0 atom stereocenters. The Kier molecular flexibility index (Phi) is 9.54. The van der Waals surface area contributed by atoms with Crippen molar-refractivity contribution in [3.63, 3.8) is 0 Å². The van der Waals surface area contributed by atoms with E-state index in [2.05, 4.69) is 43.4 Å². The summed E-state index contributed by atoms with van der Waals surface area (Å²) in [5, 5.41) is 2.67. The summed E-state index contributed by atoms with van der Waals surface area (Å²) in [6.45, 7) is 7.18. The number of benzene rings is 4. The summed E-state index contributed by atoms with van der Waals surface area (Å²) in [5.74, 6) is 0.119. The Labute approximate surface area is 267 Å². The lowest BCUT2D eigenvalue weighted by Gasteiger charge is -2.26. The molecule has 1 fully saturated rings.